The molecule has 2 aromatic heterocycles. The van der Waals surface area contributed by atoms with Crippen molar-refractivity contribution in [2.45, 2.75) is 25.2 Å². The summed E-state index contributed by atoms with van der Waals surface area (Å²) in [6.07, 6.45) is -4.18. The Bertz CT molecular complexity index is 838. The molecule has 0 aliphatic carbocycles. The minimum absolute atomic E-state index is 0.0134. The van der Waals surface area contributed by atoms with E-state index >= 15 is 0 Å². The number of nitrogens with zero attached hydrogens (tertiary/aromatic N) is 3. The number of rotatable bonds is 2. The van der Waals surface area contributed by atoms with Crippen molar-refractivity contribution in [2.24, 2.45) is 15.7 Å². The van der Waals surface area contributed by atoms with E-state index in [1.165, 1.54) is 0 Å². The van der Waals surface area contributed by atoms with Crippen molar-refractivity contribution in [3.63, 3.8) is 0 Å². The van der Waals surface area contributed by atoms with Crippen molar-refractivity contribution in [1.82, 2.24) is 4.98 Å². The van der Waals surface area contributed by atoms with Crippen LogP contribution in [0.2, 0.25) is 0 Å². The minimum atomic E-state index is -4.65. The largest absolute Gasteiger partial charge is 0.434 e. The summed E-state index contributed by atoms with van der Waals surface area (Å²) in [6, 6.07) is 3.74. The lowest BCUT2D eigenvalue weighted by Crippen LogP contribution is -2.44. The Balaban J connectivity index is 2.00. The highest BCUT2D eigenvalue weighted by atomic mass is 32.1. The summed E-state index contributed by atoms with van der Waals surface area (Å²) in [6.45, 7) is 1.69. The molecule has 23 heavy (non-hydrogen) atoms. The van der Waals surface area contributed by atoms with E-state index in [2.05, 4.69) is 15.0 Å². The molecule has 2 N–H and O–H groups in total. The van der Waals surface area contributed by atoms with Gasteiger partial charge < -0.3 is 5.73 Å². The fourth-order valence-corrected chi connectivity index (χ4v) is 3.16. The maximum Gasteiger partial charge on any atom is 0.434 e. The number of halogens is 3. The average Bonchev–Trinajstić information content (AvgIpc) is 2.95. The Hall–Kier alpha value is -1.71. The van der Waals surface area contributed by atoms with E-state index in [-0.39, 0.29) is 5.84 Å². The molecular weight excluding hydrogens is 345 g/mol. The van der Waals surface area contributed by atoms with Gasteiger partial charge in [-0.05, 0) is 29.8 Å². The third kappa shape index (κ3) is 3.04. The molecular formula is C14H11F3N4S2. The molecule has 0 amide bonds. The van der Waals surface area contributed by atoms with Gasteiger partial charge in [0.05, 0.1) is 21.2 Å². The Morgan fingerprint density at radius 2 is 2.13 bits per heavy atom. The first kappa shape index (κ1) is 16.2. The van der Waals surface area contributed by atoms with Gasteiger partial charge in [-0.25, -0.2) is 9.98 Å². The molecule has 2 atom stereocenters. The van der Waals surface area contributed by atoms with Crippen LogP contribution in [0.25, 0.3) is 10.1 Å². The minimum Gasteiger partial charge on any atom is -0.305 e. The van der Waals surface area contributed by atoms with Gasteiger partial charge in [0.1, 0.15) is 12.0 Å². The van der Waals surface area contributed by atoms with E-state index in [0.29, 0.717) is 5.69 Å². The van der Waals surface area contributed by atoms with Crippen molar-refractivity contribution in [2.75, 3.05) is 0 Å². The summed E-state index contributed by atoms with van der Waals surface area (Å²) in [5, 5.41) is 2.90. The van der Waals surface area contributed by atoms with E-state index in [9.17, 15) is 13.2 Å². The number of amidine groups is 1. The number of aromatic nitrogens is 1. The van der Waals surface area contributed by atoms with Gasteiger partial charge in [-0.15, -0.1) is 11.3 Å². The van der Waals surface area contributed by atoms with Crippen LogP contribution in [0.3, 0.4) is 0 Å². The molecule has 2 aromatic rings. The van der Waals surface area contributed by atoms with Gasteiger partial charge >= 0.3 is 6.18 Å². The summed E-state index contributed by atoms with van der Waals surface area (Å²) >= 11 is 6.25. The van der Waals surface area contributed by atoms with Crippen molar-refractivity contribution in [3.05, 3.63) is 29.4 Å². The van der Waals surface area contributed by atoms with E-state index in [1.54, 1.807) is 24.5 Å². The lowest BCUT2D eigenvalue weighted by molar-refractivity contribution is -0.0566. The molecule has 0 bridgehead atoms. The molecule has 0 aromatic carbocycles. The van der Waals surface area contributed by atoms with Gasteiger partial charge in [-0.2, -0.15) is 13.2 Å². The molecule has 1 aliphatic heterocycles. The van der Waals surface area contributed by atoms with Crippen LogP contribution in [0.4, 0.5) is 13.2 Å². The average molecular weight is 356 g/mol. The number of aliphatic imine (C=N–C) groups is 2. The topological polar surface area (TPSA) is 63.6 Å². The van der Waals surface area contributed by atoms with Gasteiger partial charge in [0, 0.05) is 6.20 Å². The molecule has 0 fully saturated rings. The van der Waals surface area contributed by atoms with Crippen LogP contribution < -0.4 is 5.73 Å². The third-order valence-electron chi connectivity index (χ3n) is 3.46. The molecule has 0 spiro atoms. The summed E-state index contributed by atoms with van der Waals surface area (Å²) in [7, 11) is 0. The fourth-order valence-electron chi connectivity index (χ4n) is 2.21. The predicted molar refractivity (Wildman–Crippen MR) is 89.5 cm³/mol. The van der Waals surface area contributed by atoms with Crippen LogP contribution in [-0.4, -0.2) is 33.7 Å². The van der Waals surface area contributed by atoms with Crippen LogP contribution >= 0.6 is 23.6 Å². The zero-order valence-electron chi connectivity index (χ0n) is 11.8. The molecule has 4 nitrogen and oxygen atoms in total. The Morgan fingerprint density at radius 1 is 1.39 bits per heavy atom. The third-order valence-corrected chi connectivity index (χ3v) is 4.76. The molecule has 0 saturated carbocycles. The second-order valence-electron chi connectivity index (χ2n) is 5.04. The molecule has 0 saturated heterocycles. The summed E-state index contributed by atoms with van der Waals surface area (Å²) in [5.41, 5.74) is 5.06. The summed E-state index contributed by atoms with van der Waals surface area (Å²) < 4.78 is 40.1. The Kier molecular flexibility index (Phi) is 4.03. The zero-order chi connectivity index (χ0) is 16.8. The summed E-state index contributed by atoms with van der Waals surface area (Å²) in [5.74, 6) is -0.536. The first-order valence-corrected chi connectivity index (χ1v) is 7.92. The predicted octanol–water partition coefficient (Wildman–Crippen LogP) is 3.47. The summed E-state index contributed by atoms with van der Waals surface area (Å²) in [4.78, 5) is 11.4. The molecule has 0 radical (unpaired) electrons. The van der Waals surface area contributed by atoms with Crippen LogP contribution in [-0.2, 0) is 0 Å². The molecule has 120 valence electrons. The monoisotopic (exact) mass is 356 g/mol. The molecule has 3 rings (SSSR count). The van der Waals surface area contributed by atoms with Gasteiger partial charge in [0.15, 0.2) is 5.71 Å². The Labute approximate surface area is 139 Å². The highest BCUT2D eigenvalue weighted by molar-refractivity contribution is 7.82. The second-order valence-corrected chi connectivity index (χ2v) is 6.43. The van der Waals surface area contributed by atoms with Crippen molar-refractivity contribution in [3.8, 4) is 0 Å². The van der Waals surface area contributed by atoms with Crippen LogP contribution in [0, 0.1) is 0 Å². The quantitative estimate of drug-likeness (QED) is 0.838. The smallest absolute Gasteiger partial charge is 0.305 e. The first-order chi connectivity index (χ1) is 10.8. The van der Waals surface area contributed by atoms with Gasteiger partial charge in [-0.1, -0.05) is 12.2 Å². The number of alkyl halides is 3. The van der Waals surface area contributed by atoms with Gasteiger partial charge in [0.2, 0.25) is 0 Å². The van der Waals surface area contributed by atoms with E-state index in [4.69, 9.17) is 18.0 Å². The van der Waals surface area contributed by atoms with Crippen molar-refractivity contribution >= 4 is 50.1 Å². The number of fused-ring (bicyclic) bond motifs is 1. The van der Waals surface area contributed by atoms with E-state index < -0.39 is 28.8 Å². The molecule has 2 unspecified atom stereocenters. The lowest BCUT2D eigenvalue weighted by Gasteiger charge is -2.22. The van der Waals surface area contributed by atoms with E-state index in [0.717, 1.165) is 10.1 Å². The standard InChI is InChI=1S/C14H11F3N4S2/c1-6(8-4-7-2-3-23-9(7)5-19-8)13-20-11(14(15,16)17)10(22)12(18)21-13/h2-6,12H,18H2,1H3. The number of hydrogen-bond donors (Lipinski definition) is 1. The highest BCUT2D eigenvalue weighted by Crippen LogP contribution is 2.28. The molecule has 9 heteroatoms. The van der Waals surface area contributed by atoms with Crippen molar-refractivity contribution in [1.29, 1.82) is 0 Å². The molecule has 1 aliphatic rings. The van der Waals surface area contributed by atoms with Crippen LogP contribution in [0.15, 0.2) is 33.7 Å². The first-order valence-electron chi connectivity index (χ1n) is 6.64. The Morgan fingerprint density at radius 3 is 2.83 bits per heavy atom. The normalized spacial score (nSPS) is 20.4. The lowest BCUT2D eigenvalue weighted by atomic mass is 10.0. The maximum absolute atomic E-state index is 13.0. The second kappa shape index (κ2) is 5.73. The van der Waals surface area contributed by atoms with Crippen LogP contribution in [0.1, 0.15) is 18.5 Å². The number of hydrogen-bond acceptors (Lipinski definition) is 6. The van der Waals surface area contributed by atoms with Crippen LogP contribution in [0.5, 0.6) is 0 Å². The SMILES string of the molecule is CC(C1=NC(N)C(=S)C(C(F)(F)F)=N1)c1cc2ccsc2cn1. The van der Waals surface area contributed by atoms with E-state index in [1.807, 2.05) is 17.5 Å². The van der Waals surface area contributed by atoms with Gasteiger partial charge in [-0.3, -0.25) is 4.98 Å². The number of thiocarbonyl (C=S) groups is 1. The highest BCUT2D eigenvalue weighted by Gasteiger charge is 2.42. The molecule has 3 heterocycles. The van der Waals surface area contributed by atoms with Crippen molar-refractivity contribution < 1.29 is 13.2 Å². The number of thiophene rings is 1. The maximum atomic E-state index is 13.0. The number of nitrogens with two attached hydrogens (primary N) is 1. The fraction of sp³-hybridized carbons (Fsp3) is 0.286. The zero-order valence-corrected chi connectivity index (χ0v) is 13.5. The van der Waals surface area contributed by atoms with Gasteiger partial charge in [0.25, 0.3) is 0 Å². The number of pyridine rings is 1.